The number of hydrogen-bond donors (Lipinski definition) is 3. The van der Waals surface area contributed by atoms with Crippen LogP contribution in [0.15, 0.2) is 24.3 Å². The Morgan fingerprint density at radius 2 is 2.00 bits per heavy atom. The Kier molecular flexibility index (Phi) is 4.08. The molecule has 0 aliphatic heterocycles. The molecule has 5 nitrogen and oxygen atoms in total. The first kappa shape index (κ1) is 11.5. The highest BCUT2D eigenvalue weighted by molar-refractivity contribution is 5.89. The number of esters is 1. The second-order valence-corrected chi connectivity index (χ2v) is 3.06. The van der Waals surface area contributed by atoms with Crippen molar-refractivity contribution in [2.24, 2.45) is 0 Å². The average Bonchev–Trinajstić information content (AvgIpc) is 2.26. The van der Waals surface area contributed by atoms with Gasteiger partial charge in [-0.25, -0.2) is 4.79 Å². The normalized spacial score (nSPS) is 12.1. The molecule has 1 aromatic carbocycles. The number of rotatable bonds is 4. The van der Waals surface area contributed by atoms with Crippen molar-refractivity contribution in [2.45, 2.75) is 6.10 Å². The van der Waals surface area contributed by atoms with Crippen LogP contribution in [-0.2, 0) is 4.74 Å². The van der Waals surface area contributed by atoms with Gasteiger partial charge in [-0.2, -0.15) is 0 Å². The van der Waals surface area contributed by atoms with Crippen LogP contribution in [0.2, 0.25) is 0 Å². The van der Waals surface area contributed by atoms with E-state index in [9.17, 15) is 4.79 Å². The predicted octanol–water partition coefficient (Wildman–Crippen LogP) is -0.221. The molecule has 0 aliphatic rings. The molecular formula is C10H13NO4. The molecule has 1 atom stereocenters. The highest BCUT2D eigenvalue weighted by Gasteiger charge is 2.09. The molecular weight excluding hydrogens is 198 g/mol. The number of nitrogen functional groups attached to an aromatic ring is 1. The van der Waals surface area contributed by atoms with E-state index in [0.717, 1.165) is 0 Å². The van der Waals surface area contributed by atoms with Gasteiger partial charge in [-0.15, -0.1) is 0 Å². The Labute approximate surface area is 87.1 Å². The summed E-state index contributed by atoms with van der Waals surface area (Å²) in [6.45, 7) is -0.658. The van der Waals surface area contributed by atoms with E-state index in [0.29, 0.717) is 11.3 Å². The molecule has 0 bridgehead atoms. The lowest BCUT2D eigenvalue weighted by Crippen LogP contribution is -2.21. The Hall–Kier alpha value is -1.59. The van der Waals surface area contributed by atoms with Crippen molar-refractivity contribution in [3.8, 4) is 0 Å². The highest BCUT2D eigenvalue weighted by Crippen LogP contribution is 2.06. The van der Waals surface area contributed by atoms with Crippen LogP contribution in [0.25, 0.3) is 0 Å². The first-order valence-electron chi connectivity index (χ1n) is 4.45. The molecule has 0 aromatic heterocycles. The topological polar surface area (TPSA) is 92.8 Å². The molecule has 15 heavy (non-hydrogen) atoms. The molecule has 0 amide bonds. The van der Waals surface area contributed by atoms with Gasteiger partial charge in [0.25, 0.3) is 0 Å². The third-order valence-corrected chi connectivity index (χ3v) is 1.76. The monoisotopic (exact) mass is 211 g/mol. The zero-order valence-electron chi connectivity index (χ0n) is 8.09. The highest BCUT2D eigenvalue weighted by atomic mass is 16.5. The third-order valence-electron chi connectivity index (χ3n) is 1.76. The Bertz CT molecular complexity index is 323. The smallest absolute Gasteiger partial charge is 0.338 e. The number of benzene rings is 1. The van der Waals surface area contributed by atoms with Crippen molar-refractivity contribution in [1.82, 2.24) is 0 Å². The van der Waals surface area contributed by atoms with Gasteiger partial charge < -0.3 is 20.7 Å². The van der Waals surface area contributed by atoms with Gasteiger partial charge in [-0.3, -0.25) is 0 Å². The van der Waals surface area contributed by atoms with Gasteiger partial charge in [-0.1, -0.05) is 0 Å². The fourth-order valence-electron chi connectivity index (χ4n) is 0.927. The third kappa shape index (κ3) is 3.57. The summed E-state index contributed by atoms with van der Waals surface area (Å²) >= 11 is 0. The van der Waals surface area contributed by atoms with Gasteiger partial charge in [0, 0.05) is 5.69 Å². The average molecular weight is 211 g/mol. The van der Waals surface area contributed by atoms with Crippen LogP contribution in [-0.4, -0.2) is 35.5 Å². The quantitative estimate of drug-likeness (QED) is 0.473. The van der Waals surface area contributed by atoms with E-state index in [1.807, 2.05) is 0 Å². The van der Waals surface area contributed by atoms with Crippen LogP contribution in [0.3, 0.4) is 0 Å². The molecule has 0 spiro atoms. The Morgan fingerprint density at radius 3 is 2.53 bits per heavy atom. The summed E-state index contributed by atoms with van der Waals surface area (Å²) in [6, 6.07) is 6.23. The maximum absolute atomic E-state index is 11.3. The number of carbonyl (C=O) groups excluding carboxylic acids is 1. The molecule has 0 heterocycles. The van der Waals surface area contributed by atoms with Gasteiger partial charge in [-0.05, 0) is 24.3 Å². The molecule has 4 N–H and O–H groups in total. The maximum atomic E-state index is 11.3. The van der Waals surface area contributed by atoms with E-state index in [1.54, 1.807) is 12.1 Å². The van der Waals surface area contributed by atoms with Crippen molar-refractivity contribution in [2.75, 3.05) is 18.9 Å². The number of carbonyl (C=O) groups is 1. The van der Waals surface area contributed by atoms with Crippen LogP contribution in [0.4, 0.5) is 5.69 Å². The molecule has 0 unspecified atom stereocenters. The minimum atomic E-state index is -1.04. The molecule has 0 saturated heterocycles. The van der Waals surface area contributed by atoms with E-state index in [4.69, 9.17) is 20.7 Å². The second kappa shape index (κ2) is 5.33. The first-order valence-corrected chi connectivity index (χ1v) is 4.45. The summed E-state index contributed by atoms with van der Waals surface area (Å²) in [5.74, 6) is -0.553. The maximum Gasteiger partial charge on any atom is 0.338 e. The summed E-state index contributed by atoms with van der Waals surface area (Å²) in [7, 11) is 0. The second-order valence-electron chi connectivity index (χ2n) is 3.06. The van der Waals surface area contributed by atoms with Crippen LogP contribution < -0.4 is 5.73 Å². The Morgan fingerprint density at radius 1 is 1.40 bits per heavy atom. The predicted molar refractivity (Wildman–Crippen MR) is 54.2 cm³/mol. The number of aliphatic hydroxyl groups excluding tert-OH is 2. The summed E-state index contributed by atoms with van der Waals surface area (Å²) in [5.41, 5.74) is 6.36. The molecule has 82 valence electrons. The molecule has 0 radical (unpaired) electrons. The van der Waals surface area contributed by atoms with E-state index in [1.165, 1.54) is 12.1 Å². The lowest BCUT2D eigenvalue weighted by atomic mass is 10.2. The summed E-state index contributed by atoms with van der Waals surface area (Å²) < 4.78 is 4.73. The van der Waals surface area contributed by atoms with Gasteiger partial charge in [0.05, 0.1) is 12.2 Å². The minimum absolute atomic E-state index is 0.223. The lowest BCUT2D eigenvalue weighted by Gasteiger charge is -2.08. The lowest BCUT2D eigenvalue weighted by molar-refractivity contribution is 0.00933. The fraction of sp³-hybridized carbons (Fsp3) is 0.300. The Balaban J connectivity index is 2.50. The number of aliphatic hydroxyl groups is 2. The van der Waals surface area contributed by atoms with Crippen LogP contribution in [0.1, 0.15) is 10.4 Å². The summed E-state index contributed by atoms with van der Waals surface area (Å²) in [6.07, 6.45) is -1.04. The number of anilines is 1. The number of nitrogens with two attached hydrogens (primary N) is 1. The zero-order chi connectivity index (χ0) is 11.3. The van der Waals surface area contributed by atoms with Crippen molar-refractivity contribution >= 4 is 11.7 Å². The number of hydrogen-bond acceptors (Lipinski definition) is 5. The SMILES string of the molecule is Nc1ccc(C(=O)OC[C@H](O)CO)cc1. The molecule has 5 heteroatoms. The van der Waals surface area contributed by atoms with E-state index >= 15 is 0 Å². The fourth-order valence-corrected chi connectivity index (χ4v) is 0.927. The molecule has 0 aliphatic carbocycles. The standard InChI is InChI=1S/C10H13NO4/c11-8-3-1-7(2-4-8)10(14)15-6-9(13)5-12/h1-4,9,12-13H,5-6,11H2/t9-/m1/s1. The van der Waals surface area contributed by atoms with Crippen LogP contribution in [0, 0.1) is 0 Å². The molecule has 0 saturated carbocycles. The minimum Gasteiger partial charge on any atom is -0.459 e. The summed E-state index contributed by atoms with van der Waals surface area (Å²) in [4.78, 5) is 11.3. The van der Waals surface area contributed by atoms with Crippen molar-refractivity contribution in [3.63, 3.8) is 0 Å². The van der Waals surface area contributed by atoms with E-state index in [-0.39, 0.29) is 6.61 Å². The number of ether oxygens (including phenoxy) is 1. The first-order chi connectivity index (χ1) is 7.13. The van der Waals surface area contributed by atoms with Crippen molar-refractivity contribution < 1.29 is 19.7 Å². The van der Waals surface area contributed by atoms with Gasteiger partial charge >= 0.3 is 5.97 Å². The van der Waals surface area contributed by atoms with Crippen molar-refractivity contribution in [3.05, 3.63) is 29.8 Å². The molecule has 1 aromatic rings. The largest absolute Gasteiger partial charge is 0.459 e. The zero-order valence-corrected chi connectivity index (χ0v) is 8.09. The van der Waals surface area contributed by atoms with Crippen LogP contribution >= 0.6 is 0 Å². The van der Waals surface area contributed by atoms with E-state index in [2.05, 4.69) is 0 Å². The van der Waals surface area contributed by atoms with E-state index < -0.39 is 18.7 Å². The molecule has 0 fully saturated rings. The van der Waals surface area contributed by atoms with Gasteiger partial charge in [0.1, 0.15) is 12.7 Å². The molecule has 1 rings (SSSR count). The van der Waals surface area contributed by atoms with Crippen LogP contribution in [0.5, 0.6) is 0 Å². The van der Waals surface area contributed by atoms with Crippen molar-refractivity contribution in [1.29, 1.82) is 0 Å². The van der Waals surface area contributed by atoms with Gasteiger partial charge in [0.15, 0.2) is 0 Å². The summed E-state index contributed by atoms with van der Waals surface area (Å²) in [5, 5.41) is 17.4. The van der Waals surface area contributed by atoms with Gasteiger partial charge in [0.2, 0.25) is 0 Å².